The molecule has 1 aliphatic rings. The van der Waals surface area contributed by atoms with Crippen LogP contribution >= 0.6 is 12.2 Å². The van der Waals surface area contributed by atoms with E-state index < -0.39 is 49.3 Å². The van der Waals surface area contributed by atoms with Crippen molar-refractivity contribution in [2.45, 2.75) is 135 Å². The molecule has 0 aliphatic carbocycles. The highest BCUT2D eigenvalue weighted by atomic mass is 32.1. The molecule has 1 fully saturated rings. The average Bonchev–Trinajstić information content (AvgIpc) is 2.91. The highest BCUT2D eigenvalue weighted by molar-refractivity contribution is 7.80. The van der Waals surface area contributed by atoms with E-state index in [-0.39, 0.29) is 27.7 Å². The van der Waals surface area contributed by atoms with Crippen molar-refractivity contribution in [2.75, 3.05) is 6.61 Å². The van der Waals surface area contributed by atoms with Crippen LogP contribution in [-0.2, 0) is 22.8 Å². The van der Waals surface area contributed by atoms with Crippen molar-refractivity contribution in [3.8, 4) is 0 Å². The van der Waals surface area contributed by atoms with E-state index in [0.717, 1.165) is 0 Å². The third-order valence-electron chi connectivity index (χ3n) is 10.3. The lowest BCUT2D eigenvalue weighted by molar-refractivity contribution is -0.183. The Hall–Kier alpha value is -1.67. The van der Waals surface area contributed by atoms with Gasteiger partial charge in [0.25, 0.3) is 8.32 Å². The van der Waals surface area contributed by atoms with Crippen LogP contribution in [0.15, 0.2) is 60.7 Å². The molecule has 0 spiro atoms. The van der Waals surface area contributed by atoms with Gasteiger partial charge in [-0.2, -0.15) is 0 Å². The van der Waals surface area contributed by atoms with Crippen LogP contribution in [0.1, 0.15) is 69.2 Å². The molecule has 0 amide bonds. The first-order valence-electron chi connectivity index (χ1n) is 16.5. The van der Waals surface area contributed by atoms with Gasteiger partial charge in [-0.1, -0.05) is 135 Å². The van der Waals surface area contributed by atoms with E-state index in [1.165, 1.54) is 10.4 Å². The van der Waals surface area contributed by atoms with Crippen molar-refractivity contribution in [1.82, 2.24) is 5.32 Å². The number of thiocarbonyl (C=S) groups is 1. The lowest BCUT2D eigenvalue weighted by Gasteiger charge is -2.51. The number of rotatable bonds is 10. The number of cyclic esters (lactones) is 1. The number of benzene rings is 2. The summed E-state index contributed by atoms with van der Waals surface area (Å²) in [6.45, 7) is 30.9. The molecule has 0 bridgehead atoms. The number of ether oxygens (including phenoxy) is 1. The zero-order valence-corrected chi connectivity index (χ0v) is 34.6. The second-order valence-electron chi connectivity index (χ2n) is 16.8. The van der Waals surface area contributed by atoms with Crippen LogP contribution in [-0.4, -0.2) is 66.9 Å². The molecule has 3 rings (SSSR count). The van der Waals surface area contributed by atoms with Crippen LogP contribution in [0.2, 0.25) is 41.3 Å². The van der Waals surface area contributed by atoms with Crippen molar-refractivity contribution in [3.63, 3.8) is 0 Å². The summed E-state index contributed by atoms with van der Waals surface area (Å²) in [6, 6.07) is 20.3. The van der Waals surface area contributed by atoms with E-state index in [0.29, 0.717) is 4.99 Å². The average molecular weight is 702 g/mol. The van der Waals surface area contributed by atoms with Crippen molar-refractivity contribution in [2.24, 2.45) is 0 Å². The van der Waals surface area contributed by atoms with E-state index in [1.54, 1.807) is 6.92 Å². The molecule has 10 heteroatoms. The summed E-state index contributed by atoms with van der Waals surface area (Å²) in [7, 11) is -7.70. The number of carbonyl (C=O) groups excluding carboxylic acids is 1. The Labute approximate surface area is 287 Å². The smallest absolute Gasteiger partial charge is 0.331 e. The fourth-order valence-corrected chi connectivity index (χ4v) is 12.9. The first kappa shape index (κ1) is 38.8. The molecule has 0 saturated carbocycles. The number of nitrogens with one attached hydrogen (secondary N) is 1. The van der Waals surface area contributed by atoms with Gasteiger partial charge < -0.3 is 23.3 Å². The maximum absolute atomic E-state index is 14.0. The molecule has 256 valence electrons. The highest BCUT2D eigenvalue weighted by Crippen LogP contribution is 2.43. The number of carbonyl (C=O) groups is 1. The first-order valence-corrected chi connectivity index (χ1v) is 24.7. The van der Waals surface area contributed by atoms with Crippen LogP contribution in [0, 0.1) is 0 Å². The predicted octanol–water partition coefficient (Wildman–Crippen LogP) is 7.57. The van der Waals surface area contributed by atoms with Gasteiger partial charge >= 0.3 is 5.97 Å². The minimum atomic E-state index is -2.93. The molecule has 46 heavy (non-hydrogen) atoms. The quantitative estimate of drug-likeness (QED) is 0.156. The molecule has 1 N–H and O–H groups in total. The van der Waals surface area contributed by atoms with Crippen molar-refractivity contribution >= 4 is 58.5 Å². The van der Waals surface area contributed by atoms with Gasteiger partial charge in [0.1, 0.15) is 12.2 Å². The van der Waals surface area contributed by atoms with Crippen molar-refractivity contribution in [1.29, 1.82) is 0 Å². The van der Waals surface area contributed by atoms with Gasteiger partial charge in [-0.25, -0.2) is 4.79 Å². The van der Waals surface area contributed by atoms with Crippen LogP contribution in [0.25, 0.3) is 0 Å². The minimum Gasteiger partial charge on any atom is -0.456 e. The number of hydrogen-bond donors (Lipinski definition) is 1. The van der Waals surface area contributed by atoms with Gasteiger partial charge in [-0.05, 0) is 58.6 Å². The van der Waals surface area contributed by atoms with E-state index in [9.17, 15) is 4.79 Å². The molecule has 1 heterocycles. The molecule has 4 atom stereocenters. The van der Waals surface area contributed by atoms with Gasteiger partial charge in [0.05, 0.1) is 11.6 Å². The Bertz CT molecular complexity index is 1290. The Balaban J connectivity index is 2.21. The zero-order valence-electron chi connectivity index (χ0n) is 30.7. The summed E-state index contributed by atoms with van der Waals surface area (Å²) >= 11 is 5.47. The van der Waals surface area contributed by atoms with Gasteiger partial charge in [0, 0.05) is 0 Å². The second kappa shape index (κ2) is 14.1. The Morgan fingerprint density at radius 2 is 1.15 bits per heavy atom. The van der Waals surface area contributed by atoms with Gasteiger partial charge in [-0.3, -0.25) is 0 Å². The molecule has 2 aromatic carbocycles. The molecule has 1 saturated heterocycles. The number of esters is 1. The van der Waals surface area contributed by atoms with E-state index in [4.69, 9.17) is 30.2 Å². The van der Waals surface area contributed by atoms with Crippen molar-refractivity contribution < 1.29 is 22.8 Å². The van der Waals surface area contributed by atoms with Gasteiger partial charge in [0.15, 0.2) is 28.8 Å². The van der Waals surface area contributed by atoms with E-state index in [2.05, 4.69) is 142 Å². The Morgan fingerprint density at radius 3 is 1.52 bits per heavy atom. The second-order valence-corrected chi connectivity index (χ2v) is 31.2. The molecular formula is C36H59NO5SSi3. The van der Waals surface area contributed by atoms with E-state index >= 15 is 0 Å². The van der Waals surface area contributed by atoms with Crippen LogP contribution in [0.4, 0.5) is 0 Å². The topological polar surface area (TPSA) is 66.0 Å². The van der Waals surface area contributed by atoms with E-state index in [1.807, 2.05) is 12.1 Å². The monoisotopic (exact) mass is 701 g/mol. The fraction of sp³-hybridized carbons (Fsp3) is 0.611. The molecule has 0 aromatic heterocycles. The Kier molecular flexibility index (Phi) is 11.8. The summed E-state index contributed by atoms with van der Waals surface area (Å²) in [5, 5.41) is 5.17. The summed E-state index contributed by atoms with van der Waals surface area (Å²) in [5.74, 6) is -0.390. The summed E-state index contributed by atoms with van der Waals surface area (Å²) in [4.78, 5) is 14.5. The largest absolute Gasteiger partial charge is 0.456 e. The maximum Gasteiger partial charge on any atom is 0.331 e. The van der Waals surface area contributed by atoms with Crippen LogP contribution in [0.5, 0.6) is 0 Å². The predicted molar refractivity (Wildman–Crippen MR) is 203 cm³/mol. The minimum absolute atomic E-state index is 0.0810. The summed E-state index contributed by atoms with van der Waals surface area (Å²) in [6.07, 6.45) is -1.85. The third kappa shape index (κ3) is 8.30. The highest BCUT2D eigenvalue weighted by Gasteiger charge is 2.56. The Morgan fingerprint density at radius 1 is 0.739 bits per heavy atom. The lowest BCUT2D eigenvalue weighted by Crippen LogP contribution is -2.70. The van der Waals surface area contributed by atoms with Crippen LogP contribution < -0.4 is 15.7 Å². The molecular weight excluding hydrogens is 643 g/mol. The zero-order chi connectivity index (χ0) is 34.9. The van der Waals surface area contributed by atoms with Gasteiger partial charge in [0.2, 0.25) is 0 Å². The summed E-state index contributed by atoms with van der Waals surface area (Å²) in [5.41, 5.74) is 0. The van der Waals surface area contributed by atoms with Crippen molar-refractivity contribution in [3.05, 3.63) is 60.7 Å². The molecule has 0 unspecified atom stereocenters. The first-order chi connectivity index (χ1) is 20.9. The third-order valence-corrected chi connectivity index (χ3v) is 24.3. The number of hydrogen-bond acceptors (Lipinski definition) is 6. The lowest BCUT2D eigenvalue weighted by atomic mass is 9.98. The fourth-order valence-electron chi connectivity index (χ4n) is 5.59. The molecule has 6 nitrogen and oxygen atoms in total. The molecule has 1 aliphatic heterocycles. The van der Waals surface area contributed by atoms with Crippen LogP contribution in [0.3, 0.4) is 0 Å². The summed E-state index contributed by atoms with van der Waals surface area (Å²) < 4.78 is 28.1. The normalized spacial score (nSPS) is 21.9. The van der Waals surface area contributed by atoms with Gasteiger partial charge in [-0.15, -0.1) is 0 Å². The molecule has 0 radical (unpaired) electrons. The molecule has 2 aromatic rings. The maximum atomic E-state index is 14.0. The standard InChI is InChI=1S/C36H59NO5SSi3/c1-26(43)37-30-32(42-45(13,14)35(5,6)7)31(41-44(11,12)34(2,3)4)29(40-33(30)38)25-39-46(36(8,9)10,27-21-17-15-18-22-27)28-23-19-16-20-24-28/h15-24,29-32H,25H2,1-14H3,(H,37,43)/t29-,30-,31+,32-/m1/s1. The SMILES string of the molecule is CC(=S)N[C@H]1C(=O)O[C@H](CO[Si](c2ccccc2)(c2ccccc2)C(C)(C)C)[C@H](O[Si](C)(C)C(C)(C)C)[C@@H]1O[Si](C)(C)C(C)(C)C.